The number of rotatable bonds is 5. The Morgan fingerprint density at radius 2 is 1.65 bits per heavy atom. The molecule has 2 aliphatic rings. The van der Waals surface area contributed by atoms with Gasteiger partial charge in [-0.1, -0.05) is 60.7 Å². The first-order chi connectivity index (χ1) is 16.7. The van der Waals surface area contributed by atoms with Crippen molar-refractivity contribution in [1.29, 1.82) is 0 Å². The van der Waals surface area contributed by atoms with Gasteiger partial charge in [-0.25, -0.2) is 0 Å². The summed E-state index contributed by atoms with van der Waals surface area (Å²) in [7, 11) is 0. The molecule has 6 heteroatoms. The summed E-state index contributed by atoms with van der Waals surface area (Å²) in [6.45, 7) is 6.11. The van der Waals surface area contributed by atoms with Crippen LogP contribution in [0, 0.1) is 6.92 Å². The van der Waals surface area contributed by atoms with E-state index in [0.717, 1.165) is 48.2 Å². The van der Waals surface area contributed by atoms with Crippen LogP contribution in [0.5, 0.6) is 5.75 Å². The number of hydrogen-bond acceptors (Lipinski definition) is 5. The fraction of sp³-hybridized carbons (Fsp3) is 0.214. The fourth-order valence-corrected chi connectivity index (χ4v) is 5.08. The van der Waals surface area contributed by atoms with Crippen LogP contribution in [0.15, 0.2) is 88.8 Å². The smallest absolute Gasteiger partial charge is 0.286 e. The maximum atomic E-state index is 12.7. The standard InChI is InChI=1S/C28H27N3O2S/c1-21-8-7-12-24(18-21)30-14-16-31(17-15-30)28-29-27(32)26(34-28)19-23-11-5-6-13-25(23)33-20-22-9-3-2-4-10-22/h2-13,18-19H,14-17,20H2,1H3/b26-19-. The van der Waals surface area contributed by atoms with Gasteiger partial charge in [-0.05, 0) is 54.1 Å². The van der Waals surface area contributed by atoms with Crippen LogP contribution >= 0.6 is 11.8 Å². The molecular weight excluding hydrogens is 442 g/mol. The summed E-state index contributed by atoms with van der Waals surface area (Å²) in [5, 5.41) is 0.794. The minimum absolute atomic E-state index is 0.182. The topological polar surface area (TPSA) is 45.1 Å². The van der Waals surface area contributed by atoms with E-state index in [1.165, 1.54) is 23.0 Å². The highest BCUT2D eigenvalue weighted by Gasteiger charge is 2.28. The van der Waals surface area contributed by atoms with Gasteiger partial charge in [0.25, 0.3) is 5.91 Å². The lowest BCUT2D eigenvalue weighted by Crippen LogP contribution is -2.47. The second-order valence-corrected chi connectivity index (χ2v) is 9.44. The molecule has 0 N–H and O–H groups in total. The van der Waals surface area contributed by atoms with E-state index in [2.05, 4.69) is 46.0 Å². The van der Waals surface area contributed by atoms with E-state index in [4.69, 9.17) is 4.74 Å². The first-order valence-corrected chi connectivity index (χ1v) is 12.3. The average Bonchev–Trinajstić information content (AvgIpc) is 3.24. The Morgan fingerprint density at radius 1 is 0.912 bits per heavy atom. The van der Waals surface area contributed by atoms with Crippen molar-refractivity contribution in [3.63, 3.8) is 0 Å². The molecule has 1 saturated heterocycles. The molecule has 0 atom stereocenters. The van der Waals surface area contributed by atoms with E-state index in [1.54, 1.807) is 0 Å². The number of benzene rings is 3. The number of thioether (sulfide) groups is 1. The number of piperazine rings is 1. The van der Waals surface area contributed by atoms with E-state index in [9.17, 15) is 4.79 Å². The van der Waals surface area contributed by atoms with Crippen LogP contribution in [0.2, 0.25) is 0 Å². The third-order valence-corrected chi connectivity index (χ3v) is 7.01. The molecule has 2 aliphatic heterocycles. The summed E-state index contributed by atoms with van der Waals surface area (Å²) >= 11 is 1.46. The number of amides is 1. The zero-order valence-corrected chi connectivity index (χ0v) is 20.0. The highest BCUT2D eigenvalue weighted by atomic mass is 32.2. The molecule has 1 amide bonds. The summed E-state index contributed by atoms with van der Waals surface area (Å²) < 4.78 is 6.06. The number of carbonyl (C=O) groups is 1. The lowest BCUT2D eigenvalue weighted by molar-refractivity contribution is -0.113. The number of para-hydroxylation sites is 1. The van der Waals surface area contributed by atoms with Gasteiger partial charge >= 0.3 is 0 Å². The van der Waals surface area contributed by atoms with E-state index in [0.29, 0.717) is 11.5 Å². The molecule has 34 heavy (non-hydrogen) atoms. The fourth-order valence-electron chi connectivity index (χ4n) is 4.12. The molecule has 172 valence electrons. The first-order valence-electron chi connectivity index (χ1n) is 11.5. The second-order valence-electron chi connectivity index (χ2n) is 8.44. The quantitative estimate of drug-likeness (QED) is 0.471. The second kappa shape index (κ2) is 10.2. The van der Waals surface area contributed by atoms with Crippen LogP contribution in [0.1, 0.15) is 16.7 Å². The minimum Gasteiger partial charge on any atom is -0.488 e. The number of carbonyl (C=O) groups excluding carboxylic acids is 1. The molecular formula is C28H27N3O2S. The van der Waals surface area contributed by atoms with Gasteiger partial charge in [0.05, 0.1) is 4.91 Å². The molecule has 0 bridgehead atoms. The van der Waals surface area contributed by atoms with Gasteiger partial charge in [-0.3, -0.25) is 4.79 Å². The van der Waals surface area contributed by atoms with E-state index < -0.39 is 0 Å². The third-order valence-electron chi connectivity index (χ3n) is 5.97. The van der Waals surface area contributed by atoms with E-state index in [-0.39, 0.29) is 5.91 Å². The summed E-state index contributed by atoms with van der Waals surface area (Å²) in [4.78, 5) is 22.3. The number of nitrogens with zero attached hydrogens (tertiary/aromatic N) is 3. The third kappa shape index (κ3) is 5.18. The molecule has 0 aliphatic carbocycles. The van der Waals surface area contributed by atoms with Gasteiger partial charge in [-0.15, -0.1) is 0 Å². The zero-order chi connectivity index (χ0) is 23.3. The van der Waals surface area contributed by atoms with Crippen LogP contribution in [0.25, 0.3) is 6.08 Å². The SMILES string of the molecule is Cc1cccc(N2CCN(C3=NC(=O)/C(=C/c4ccccc4OCc4ccccc4)S3)CC2)c1. The summed E-state index contributed by atoms with van der Waals surface area (Å²) in [6.07, 6.45) is 1.90. The van der Waals surface area contributed by atoms with Crippen LogP contribution in [0.4, 0.5) is 5.69 Å². The van der Waals surface area contributed by atoms with Gasteiger partial charge in [0.15, 0.2) is 5.17 Å². The number of aryl methyl sites for hydroxylation is 1. The highest BCUT2D eigenvalue weighted by Crippen LogP contribution is 2.33. The maximum absolute atomic E-state index is 12.7. The molecule has 5 rings (SSSR count). The van der Waals surface area contributed by atoms with Crippen LogP contribution < -0.4 is 9.64 Å². The van der Waals surface area contributed by atoms with Gasteiger partial charge in [0, 0.05) is 37.4 Å². The largest absolute Gasteiger partial charge is 0.488 e. The Kier molecular flexibility index (Phi) is 6.67. The van der Waals surface area contributed by atoms with Crippen molar-refractivity contribution in [1.82, 2.24) is 4.90 Å². The van der Waals surface area contributed by atoms with Gasteiger partial charge in [0.2, 0.25) is 0 Å². The van der Waals surface area contributed by atoms with E-state index in [1.807, 2.05) is 60.7 Å². The number of aliphatic imine (C=N–C) groups is 1. The lowest BCUT2D eigenvalue weighted by Gasteiger charge is -2.36. The maximum Gasteiger partial charge on any atom is 0.286 e. The normalized spacial score (nSPS) is 17.3. The molecule has 1 fully saturated rings. The zero-order valence-electron chi connectivity index (χ0n) is 19.2. The van der Waals surface area contributed by atoms with Gasteiger partial charge in [-0.2, -0.15) is 4.99 Å². The number of ether oxygens (including phenoxy) is 1. The summed E-state index contributed by atoms with van der Waals surface area (Å²) in [6, 6.07) is 26.5. The van der Waals surface area contributed by atoms with Crippen molar-refractivity contribution in [3.05, 3.63) is 100 Å². The first kappa shape index (κ1) is 22.3. The Hall–Kier alpha value is -3.51. The number of anilines is 1. The Labute approximate surface area is 204 Å². The minimum atomic E-state index is -0.182. The summed E-state index contributed by atoms with van der Waals surface area (Å²) in [5.74, 6) is 0.575. The molecule has 0 radical (unpaired) electrons. The molecule has 3 aromatic rings. The van der Waals surface area contributed by atoms with Gasteiger partial charge in [0.1, 0.15) is 12.4 Å². The van der Waals surface area contributed by atoms with Crippen molar-refractivity contribution in [3.8, 4) is 5.75 Å². The van der Waals surface area contributed by atoms with E-state index >= 15 is 0 Å². The Bertz CT molecular complexity index is 1230. The van der Waals surface area contributed by atoms with Gasteiger partial charge < -0.3 is 14.5 Å². The molecule has 0 spiro atoms. The van der Waals surface area contributed by atoms with Crippen molar-refractivity contribution in [2.24, 2.45) is 4.99 Å². The van der Waals surface area contributed by atoms with Crippen molar-refractivity contribution < 1.29 is 9.53 Å². The molecule has 0 unspecified atom stereocenters. The highest BCUT2D eigenvalue weighted by molar-refractivity contribution is 8.18. The predicted molar refractivity (Wildman–Crippen MR) is 140 cm³/mol. The van der Waals surface area contributed by atoms with Crippen LogP contribution in [-0.4, -0.2) is 42.2 Å². The Morgan fingerprint density at radius 3 is 2.44 bits per heavy atom. The van der Waals surface area contributed by atoms with Crippen LogP contribution in [0.3, 0.4) is 0 Å². The predicted octanol–water partition coefficient (Wildman–Crippen LogP) is 5.37. The molecule has 5 nitrogen and oxygen atoms in total. The van der Waals surface area contributed by atoms with Crippen molar-refractivity contribution >= 4 is 34.6 Å². The molecule has 0 saturated carbocycles. The van der Waals surface area contributed by atoms with Crippen molar-refractivity contribution in [2.75, 3.05) is 31.1 Å². The van der Waals surface area contributed by atoms with Crippen LogP contribution in [-0.2, 0) is 11.4 Å². The number of hydrogen-bond donors (Lipinski definition) is 0. The molecule has 0 aromatic heterocycles. The Balaban J connectivity index is 1.23. The lowest BCUT2D eigenvalue weighted by atomic mass is 10.2. The molecule has 3 aromatic carbocycles. The summed E-state index contributed by atoms with van der Waals surface area (Å²) in [5.41, 5.74) is 4.51. The molecule has 2 heterocycles. The number of amidine groups is 1. The van der Waals surface area contributed by atoms with Crippen molar-refractivity contribution in [2.45, 2.75) is 13.5 Å². The monoisotopic (exact) mass is 469 g/mol. The average molecular weight is 470 g/mol.